The lowest BCUT2D eigenvalue weighted by Gasteiger charge is -2.40. The Morgan fingerprint density at radius 3 is 1.44 bits per heavy atom. The molecule has 0 saturated carbocycles. The molecule has 1 aliphatic rings. The van der Waals surface area contributed by atoms with Gasteiger partial charge in [0.15, 0.2) is 12.4 Å². The molecule has 6 atom stereocenters. The molecular weight excluding hydrogens is 837 g/mol. The van der Waals surface area contributed by atoms with Crippen molar-refractivity contribution in [2.75, 3.05) is 19.0 Å². The van der Waals surface area contributed by atoms with Crippen LogP contribution in [-0.2, 0) is 38.7 Å². The van der Waals surface area contributed by atoms with Gasteiger partial charge in [-0.15, -0.1) is 0 Å². The van der Waals surface area contributed by atoms with E-state index >= 15 is 0 Å². The molecule has 13 heteroatoms. The van der Waals surface area contributed by atoms with Gasteiger partial charge in [0.2, 0.25) is 0 Å². The van der Waals surface area contributed by atoms with Crippen molar-refractivity contribution in [2.24, 2.45) is 0 Å². The summed E-state index contributed by atoms with van der Waals surface area (Å²) in [6, 6.07) is 0. The molecule has 4 N–H and O–H groups in total. The smallest absolute Gasteiger partial charge is 0.306 e. The number of unbranched alkanes of at least 4 members (excludes halogenated alkanes) is 22. The highest BCUT2D eigenvalue weighted by atomic mass is 32.2. The Labute approximate surface area is 388 Å². The van der Waals surface area contributed by atoms with Crippen molar-refractivity contribution in [3.8, 4) is 0 Å². The van der Waals surface area contributed by atoms with Gasteiger partial charge in [-0.05, 0) is 64.2 Å². The van der Waals surface area contributed by atoms with Crippen LogP contribution in [0, 0.1) is 0 Å². The number of ether oxygens (including phenoxy) is 4. The summed E-state index contributed by atoms with van der Waals surface area (Å²) in [6.45, 7) is 3.70. The Morgan fingerprint density at radius 2 is 0.969 bits per heavy atom. The minimum atomic E-state index is -4.61. The van der Waals surface area contributed by atoms with Crippen molar-refractivity contribution < 1.29 is 56.8 Å². The highest BCUT2D eigenvalue weighted by molar-refractivity contribution is 7.85. The van der Waals surface area contributed by atoms with Crippen LogP contribution in [-0.4, -0.2) is 96.0 Å². The zero-order valence-corrected chi connectivity index (χ0v) is 40.7. The number of carbonyl (C=O) groups is 2. The summed E-state index contributed by atoms with van der Waals surface area (Å²) >= 11 is 0. The zero-order valence-electron chi connectivity index (χ0n) is 39.9. The number of aliphatic hydroxyl groups excluding tert-OH is 3. The van der Waals surface area contributed by atoms with Gasteiger partial charge in [0, 0.05) is 12.8 Å². The number of hydrogen-bond acceptors (Lipinski definition) is 11. The molecule has 0 aromatic rings. The Balaban J connectivity index is 2.38. The summed E-state index contributed by atoms with van der Waals surface area (Å²) in [5, 5.41) is 30.9. The van der Waals surface area contributed by atoms with Crippen molar-refractivity contribution in [3.63, 3.8) is 0 Å². The quantitative estimate of drug-likeness (QED) is 0.0197. The standard InChI is InChI=1S/C51H90O12S/c1-3-5-7-9-11-13-15-17-18-19-20-21-22-23-24-25-26-28-29-31-33-35-37-39-46(52)60-41-44(42-61-51-50(56)49(55)48(54)45(63-51)43-64(57,58)59)62-47(53)40-38-36-34-32-30-27-16-14-12-10-8-6-4-2/h20-21,23-24,27,30,34,36,44-45,48-51,54-56H,3-19,22,25-26,28-29,31-33,35,37-43H2,1-2H3,(H,57,58,59)/b21-20+,24-23+,30-27+,36-34+/t44?,45-,48-,49?,50?,51+/m1/s1. The first kappa shape index (κ1) is 59.6. The molecule has 3 unspecified atom stereocenters. The Morgan fingerprint density at radius 1 is 0.531 bits per heavy atom. The number of allylic oxidation sites excluding steroid dienone is 8. The molecule has 0 amide bonds. The third kappa shape index (κ3) is 34.9. The molecule has 0 aromatic carbocycles. The van der Waals surface area contributed by atoms with Crippen LogP contribution >= 0.6 is 0 Å². The topological polar surface area (TPSA) is 186 Å². The number of aliphatic hydroxyl groups is 3. The van der Waals surface area contributed by atoms with Crippen LogP contribution in [0.15, 0.2) is 48.6 Å². The lowest BCUT2D eigenvalue weighted by molar-refractivity contribution is -0.297. The lowest BCUT2D eigenvalue weighted by Crippen LogP contribution is -2.60. The maximum atomic E-state index is 12.8. The van der Waals surface area contributed by atoms with Gasteiger partial charge >= 0.3 is 11.9 Å². The van der Waals surface area contributed by atoms with Gasteiger partial charge in [0.1, 0.15) is 36.8 Å². The molecule has 1 fully saturated rings. The van der Waals surface area contributed by atoms with E-state index in [1.807, 2.05) is 12.2 Å². The second-order valence-electron chi connectivity index (χ2n) is 17.5. The summed E-state index contributed by atoms with van der Waals surface area (Å²) in [5.74, 6) is -2.08. The summed E-state index contributed by atoms with van der Waals surface area (Å²) in [5.41, 5.74) is 0. The SMILES string of the molecule is CCCCCCCC/C=C/C/C=C/CCC(=O)OC(COC(=O)CCCCCCCCC/C=C/C/C=C/CCCCCCCCCCC)CO[C@H]1O[C@H](CS(=O)(=O)O)[C@@H](O)C(O)C1O. The first-order valence-electron chi connectivity index (χ1n) is 25.2. The molecule has 1 aliphatic heterocycles. The average molecular weight is 927 g/mol. The molecular formula is C51H90O12S. The van der Waals surface area contributed by atoms with Crippen LogP contribution in [0.3, 0.4) is 0 Å². The maximum absolute atomic E-state index is 12.8. The Kier molecular flexibility index (Phi) is 38.1. The van der Waals surface area contributed by atoms with Gasteiger partial charge in [0.05, 0.1) is 6.61 Å². The van der Waals surface area contributed by atoms with E-state index in [0.29, 0.717) is 12.8 Å². The molecule has 12 nitrogen and oxygen atoms in total. The van der Waals surface area contributed by atoms with E-state index in [2.05, 4.69) is 50.3 Å². The zero-order chi connectivity index (χ0) is 46.9. The summed E-state index contributed by atoms with van der Waals surface area (Å²) < 4.78 is 54.1. The Bertz CT molecular complexity index is 1360. The van der Waals surface area contributed by atoms with Crippen molar-refractivity contribution in [1.29, 1.82) is 0 Å². The van der Waals surface area contributed by atoms with Crippen LogP contribution in [0.5, 0.6) is 0 Å². The predicted octanol–water partition coefficient (Wildman–Crippen LogP) is 11.1. The van der Waals surface area contributed by atoms with Gasteiger partial charge in [-0.2, -0.15) is 8.42 Å². The summed E-state index contributed by atoms with van der Waals surface area (Å²) in [6.07, 6.45) is 40.4. The first-order valence-corrected chi connectivity index (χ1v) is 26.8. The molecule has 64 heavy (non-hydrogen) atoms. The van der Waals surface area contributed by atoms with Crippen molar-refractivity contribution in [2.45, 2.75) is 243 Å². The minimum absolute atomic E-state index is 0.0557. The molecule has 0 aliphatic carbocycles. The monoisotopic (exact) mass is 927 g/mol. The third-order valence-electron chi connectivity index (χ3n) is 11.4. The second-order valence-corrected chi connectivity index (χ2v) is 19.0. The van der Waals surface area contributed by atoms with Crippen LogP contribution in [0.25, 0.3) is 0 Å². The fourth-order valence-corrected chi connectivity index (χ4v) is 8.16. The van der Waals surface area contributed by atoms with E-state index in [1.54, 1.807) is 0 Å². The molecule has 0 bridgehead atoms. The van der Waals surface area contributed by atoms with E-state index < -0.39 is 71.2 Å². The lowest BCUT2D eigenvalue weighted by atomic mass is 10.00. The van der Waals surface area contributed by atoms with Gasteiger partial charge in [0.25, 0.3) is 10.1 Å². The maximum Gasteiger partial charge on any atom is 0.306 e. The third-order valence-corrected chi connectivity index (χ3v) is 12.1. The summed E-state index contributed by atoms with van der Waals surface area (Å²) in [7, 11) is -4.61. The normalized spacial score (nSPS) is 20.0. The van der Waals surface area contributed by atoms with E-state index in [1.165, 1.54) is 116 Å². The van der Waals surface area contributed by atoms with E-state index in [4.69, 9.17) is 18.9 Å². The fraction of sp³-hybridized carbons (Fsp3) is 0.804. The predicted molar refractivity (Wildman–Crippen MR) is 256 cm³/mol. The van der Waals surface area contributed by atoms with E-state index in [0.717, 1.165) is 51.4 Å². The van der Waals surface area contributed by atoms with Crippen molar-refractivity contribution >= 4 is 22.1 Å². The van der Waals surface area contributed by atoms with E-state index in [9.17, 15) is 37.9 Å². The highest BCUT2D eigenvalue weighted by Crippen LogP contribution is 2.24. The largest absolute Gasteiger partial charge is 0.462 e. The van der Waals surface area contributed by atoms with Crippen LogP contribution in [0.1, 0.15) is 206 Å². The molecule has 372 valence electrons. The highest BCUT2D eigenvalue weighted by Gasteiger charge is 2.46. The van der Waals surface area contributed by atoms with Gasteiger partial charge in [-0.3, -0.25) is 14.1 Å². The molecule has 1 rings (SSSR count). The minimum Gasteiger partial charge on any atom is -0.462 e. The van der Waals surface area contributed by atoms with Crippen LogP contribution in [0.2, 0.25) is 0 Å². The summed E-state index contributed by atoms with van der Waals surface area (Å²) in [4.78, 5) is 25.4. The molecule has 0 spiro atoms. The van der Waals surface area contributed by atoms with Crippen LogP contribution in [0.4, 0.5) is 0 Å². The van der Waals surface area contributed by atoms with Crippen molar-refractivity contribution in [1.82, 2.24) is 0 Å². The average Bonchev–Trinajstić information content (AvgIpc) is 3.26. The van der Waals surface area contributed by atoms with Gasteiger partial charge in [-0.1, -0.05) is 178 Å². The Hall–Kier alpha value is -2.39. The van der Waals surface area contributed by atoms with Crippen molar-refractivity contribution in [3.05, 3.63) is 48.6 Å². The van der Waals surface area contributed by atoms with Gasteiger partial charge in [-0.25, -0.2) is 0 Å². The molecule has 0 aromatic heterocycles. The number of carbonyl (C=O) groups excluding carboxylic acids is 2. The fourth-order valence-electron chi connectivity index (χ4n) is 7.47. The first-order chi connectivity index (χ1) is 31.0. The van der Waals surface area contributed by atoms with E-state index in [-0.39, 0.29) is 19.4 Å². The number of esters is 2. The second kappa shape index (κ2) is 40.8. The van der Waals surface area contributed by atoms with Crippen LogP contribution < -0.4 is 0 Å². The molecule has 1 saturated heterocycles. The molecule has 1 heterocycles. The number of rotatable bonds is 42. The molecule has 0 radical (unpaired) electrons. The van der Waals surface area contributed by atoms with Gasteiger partial charge < -0.3 is 34.3 Å². The number of hydrogen-bond donors (Lipinski definition) is 4.